The second-order valence-electron chi connectivity index (χ2n) is 5.88. The van der Waals surface area contributed by atoms with E-state index in [1.54, 1.807) is 0 Å². The molecule has 2 atom stereocenters. The Balaban J connectivity index is 1.76. The van der Waals surface area contributed by atoms with Crippen molar-refractivity contribution < 1.29 is 18.0 Å². The fourth-order valence-corrected chi connectivity index (χ4v) is 3.29. The summed E-state index contributed by atoms with van der Waals surface area (Å²) in [6.45, 7) is 0. The summed E-state index contributed by atoms with van der Waals surface area (Å²) in [7, 11) is 0. The first kappa shape index (κ1) is 17.9. The van der Waals surface area contributed by atoms with Crippen molar-refractivity contribution in [1.82, 2.24) is 0 Å². The Morgan fingerprint density at radius 2 is 1.76 bits per heavy atom. The smallest absolute Gasteiger partial charge is 0.396 e. The molecule has 2 aromatic carbocycles. The molecule has 3 nitrogen and oxygen atoms in total. The third-order valence-corrected chi connectivity index (χ3v) is 4.76. The van der Waals surface area contributed by atoms with Crippen LogP contribution in [0.4, 0.5) is 24.5 Å². The Labute approximate surface area is 151 Å². The molecule has 25 heavy (non-hydrogen) atoms. The Kier molecular flexibility index (Phi) is 4.60. The topological polar surface area (TPSA) is 55.1 Å². The highest BCUT2D eigenvalue weighted by atomic mass is 35.5. The standard InChI is InChI=1S/C17H13Cl2F3N2O/c18-13-5-8(6-14(19)15(13)23)24-16(25)11-7-10(11)9-3-1-2-4-12(9)17(20,21)22/h1-6,10-11H,7,23H2,(H,24,25)/t10-,11+/m1/s1. The predicted octanol–water partition coefficient (Wildman–Crippen LogP) is 5.34. The first-order chi connectivity index (χ1) is 11.7. The summed E-state index contributed by atoms with van der Waals surface area (Å²) in [5.74, 6) is -1.37. The highest BCUT2D eigenvalue weighted by Crippen LogP contribution is 2.51. The van der Waals surface area contributed by atoms with Gasteiger partial charge >= 0.3 is 6.18 Å². The molecule has 2 aromatic rings. The number of carbonyl (C=O) groups excluding carboxylic acids is 1. The molecular formula is C17H13Cl2F3N2O. The molecule has 0 aromatic heterocycles. The third kappa shape index (κ3) is 3.70. The number of anilines is 2. The molecule has 132 valence electrons. The van der Waals surface area contributed by atoms with Crippen molar-refractivity contribution in [3.8, 4) is 0 Å². The molecule has 0 heterocycles. The van der Waals surface area contributed by atoms with E-state index in [-0.39, 0.29) is 27.2 Å². The van der Waals surface area contributed by atoms with E-state index in [2.05, 4.69) is 5.32 Å². The van der Waals surface area contributed by atoms with Gasteiger partial charge in [0.2, 0.25) is 5.91 Å². The average molecular weight is 389 g/mol. The van der Waals surface area contributed by atoms with Crippen molar-refractivity contribution in [3.05, 3.63) is 57.6 Å². The van der Waals surface area contributed by atoms with Crippen LogP contribution in [0.5, 0.6) is 0 Å². The van der Waals surface area contributed by atoms with Crippen LogP contribution in [0, 0.1) is 5.92 Å². The Bertz CT molecular complexity index is 816. The van der Waals surface area contributed by atoms with E-state index in [1.807, 2.05) is 0 Å². The molecular weight excluding hydrogens is 376 g/mol. The molecule has 0 aliphatic heterocycles. The molecule has 0 spiro atoms. The number of nitrogens with one attached hydrogen (secondary N) is 1. The van der Waals surface area contributed by atoms with Crippen LogP contribution in [0.1, 0.15) is 23.5 Å². The number of alkyl halides is 3. The van der Waals surface area contributed by atoms with E-state index in [4.69, 9.17) is 28.9 Å². The van der Waals surface area contributed by atoms with Gasteiger partial charge in [-0.2, -0.15) is 13.2 Å². The van der Waals surface area contributed by atoms with Gasteiger partial charge in [-0.1, -0.05) is 41.4 Å². The zero-order valence-electron chi connectivity index (χ0n) is 12.7. The van der Waals surface area contributed by atoms with Gasteiger partial charge in [-0.3, -0.25) is 4.79 Å². The van der Waals surface area contributed by atoms with E-state index < -0.39 is 23.6 Å². The van der Waals surface area contributed by atoms with E-state index in [1.165, 1.54) is 30.3 Å². The highest BCUT2D eigenvalue weighted by molar-refractivity contribution is 6.39. The van der Waals surface area contributed by atoms with Gasteiger partial charge in [0.25, 0.3) is 0 Å². The normalized spacial score (nSPS) is 19.6. The van der Waals surface area contributed by atoms with Crippen LogP contribution in [0.25, 0.3) is 0 Å². The zero-order chi connectivity index (χ0) is 18.4. The molecule has 0 unspecified atom stereocenters. The van der Waals surface area contributed by atoms with Crippen molar-refractivity contribution in [2.75, 3.05) is 11.1 Å². The summed E-state index contributed by atoms with van der Waals surface area (Å²) in [4.78, 5) is 12.3. The second kappa shape index (κ2) is 6.42. The minimum Gasteiger partial charge on any atom is -0.396 e. The lowest BCUT2D eigenvalue weighted by Gasteiger charge is -2.12. The summed E-state index contributed by atoms with van der Waals surface area (Å²) in [5.41, 5.74) is 5.62. The molecule has 1 amide bonds. The summed E-state index contributed by atoms with van der Waals surface area (Å²) >= 11 is 11.8. The van der Waals surface area contributed by atoms with Gasteiger partial charge in [-0.05, 0) is 36.1 Å². The van der Waals surface area contributed by atoms with E-state index >= 15 is 0 Å². The van der Waals surface area contributed by atoms with Gasteiger partial charge in [-0.25, -0.2) is 0 Å². The number of benzene rings is 2. The number of nitrogens with two attached hydrogens (primary N) is 1. The third-order valence-electron chi connectivity index (χ3n) is 4.14. The Morgan fingerprint density at radius 1 is 1.16 bits per heavy atom. The fourth-order valence-electron chi connectivity index (χ4n) is 2.80. The lowest BCUT2D eigenvalue weighted by atomic mass is 10.0. The van der Waals surface area contributed by atoms with Crippen LogP contribution in [0.2, 0.25) is 10.0 Å². The molecule has 0 radical (unpaired) electrons. The minimum absolute atomic E-state index is 0.142. The summed E-state index contributed by atoms with van der Waals surface area (Å²) in [6.07, 6.45) is -4.09. The molecule has 3 rings (SSSR count). The van der Waals surface area contributed by atoms with Gasteiger partial charge in [0.05, 0.1) is 21.3 Å². The Hall–Kier alpha value is -1.92. The van der Waals surface area contributed by atoms with Gasteiger partial charge < -0.3 is 11.1 Å². The maximum Gasteiger partial charge on any atom is 0.416 e. The summed E-state index contributed by atoms with van der Waals surface area (Å²) in [5, 5.41) is 3.01. The van der Waals surface area contributed by atoms with Crippen LogP contribution in [-0.4, -0.2) is 5.91 Å². The summed E-state index contributed by atoms with van der Waals surface area (Å²) in [6, 6.07) is 8.21. The number of hydrogen-bond acceptors (Lipinski definition) is 2. The van der Waals surface area contributed by atoms with Crippen molar-refractivity contribution in [3.63, 3.8) is 0 Å². The van der Waals surface area contributed by atoms with Gasteiger partial charge in [0, 0.05) is 11.6 Å². The Morgan fingerprint density at radius 3 is 2.36 bits per heavy atom. The van der Waals surface area contributed by atoms with Crippen LogP contribution < -0.4 is 11.1 Å². The number of nitrogen functional groups attached to an aromatic ring is 1. The molecule has 1 aliphatic carbocycles. The quantitative estimate of drug-likeness (QED) is 0.697. The van der Waals surface area contributed by atoms with Crippen molar-refractivity contribution in [1.29, 1.82) is 0 Å². The largest absolute Gasteiger partial charge is 0.416 e. The zero-order valence-corrected chi connectivity index (χ0v) is 14.2. The predicted molar refractivity (Wildman–Crippen MR) is 91.8 cm³/mol. The van der Waals surface area contributed by atoms with Crippen LogP contribution in [-0.2, 0) is 11.0 Å². The van der Waals surface area contributed by atoms with E-state index in [9.17, 15) is 18.0 Å². The van der Waals surface area contributed by atoms with Crippen LogP contribution in [0.3, 0.4) is 0 Å². The first-order valence-corrected chi connectivity index (χ1v) is 8.15. The molecule has 1 fully saturated rings. The maximum atomic E-state index is 13.1. The van der Waals surface area contributed by atoms with Crippen molar-refractivity contribution >= 4 is 40.5 Å². The number of hydrogen-bond donors (Lipinski definition) is 2. The number of amides is 1. The van der Waals surface area contributed by atoms with Gasteiger partial charge in [0.1, 0.15) is 0 Å². The second-order valence-corrected chi connectivity index (χ2v) is 6.69. The van der Waals surface area contributed by atoms with E-state index in [0.29, 0.717) is 12.1 Å². The van der Waals surface area contributed by atoms with Crippen LogP contribution in [0.15, 0.2) is 36.4 Å². The lowest BCUT2D eigenvalue weighted by Crippen LogP contribution is -2.15. The average Bonchev–Trinajstić information content (AvgIpc) is 3.32. The number of carbonyl (C=O) groups is 1. The molecule has 3 N–H and O–H groups in total. The maximum absolute atomic E-state index is 13.1. The van der Waals surface area contributed by atoms with Crippen molar-refractivity contribution in [2.24, 2.45) is 5.92 Å². The molecule has 1 aliphatic rings. The van der Waals surface area contributed by atoms with E-state index in [0.717, 1.165) is 6.07 Å². The molecule has 1 saturated carbocycles. The van der Waals surface area contributed by atoms with Crippen LogP contribution >= 0.6 is 23.2 Å². The number of halogens is 5. The number of rotatable bonds is 3. The lowest BCUT2D eigenvalue weighted by molar-refractivity contribution is -0.138. The monoisotopic (exact) mass is 388 g/mol. The van der Waals surface area contributed by atoms with Gasteiger partial charge in [-0.15, -0.1) is 0 Å². The SMILES string of the molecule is Nc1c(Cl)cc(NC(=O)[C@H]2C[C@@H]2c2ccccc2C(F)(F)F)cc1Cl. The first-order valence-electron chi connectivity index (χ1n) is 7.40. The summed E-state index contributed by atoms with van der Waals surface area (Å²) < 4.78 is 39.3. The minimum atomic E-state index is -4.45. The van der Waals surface area contributed by atoms with Gasteiger partial charge in [0.15, 0.2) is 0 Å². The highest BCUT2D eigenvalue weighted by Gasteiger charge is 2.47. The molecule has 0 saturated heterocycles. The van der Waals surface area contributed by atoms with Crippen molar-refractivity contribution in [2.45, 2.75) is 18.5 Å². The molecule has 8 heteroatoms. The fraction of sp³-hybridized carbons (Fsp3) is 0.235. The molecule has 0 bridgehead atoms.